The van der Waals surface area contributed by atoms with Gasteiger partial charge in [0.1, 0.15) is 11.5 Å². The first-order valence-electron chi connectivity index (χ1n) is 8.13. The van der Waals surface area contributed by atoms with Crippen LogP contribution in [0.1, 0.15) is 11.5 Å². The molecule has 2 amide bonds. The van der Waals surface area contributed by atoms with E-state index in [0.717, 1.165) is 5.69 Å². The summed E-state index contributed by atoms with van der Waals surface area (Å²) in [5, 5.41) is 5.66. The average molecular weight is 382 g/mol. The van der Waals surface area contributed by atoms with Crippen molar-refractivity contribution in [3.63, 3.8) is 0 Å². The molecular formula is C20H16ClN3O3. The van der Waals surface area contributed by atoms with Crippen LogP contribution in [0.2, 0.25) is 5.02 Å². The predicted octanol–water partition coefficient (Wildman–Crippen LogP) is 3.94. The molecule has 2 aromatic carbocycles. The highest BCUT2D eigenvalue weighted by atomic mass is 35.5. The Hall–Kier alpha value is -3.38. The third-order valence-electron chi connectivity index (χ3n) is 3.51. The van der Waals surface area contributed by atoms with Crippen molar-refractivity contribution < 1.29 is 14.0 Å². The first-order chi connectivity index (χ1) is 13.1. The van der Waals surface area contributed by atoms with Crippen molar-refractivity contribution in [2.75, 3.05) is 5.32 Å². The monoisotopic (exact) mass is 381 g/mol. The quantitative estimate of drug-likeness (QED) is 0.518. The SMILES string of the molecule is O=C(NCc1ccc(C=Nc2ccc(Cl)cc2)o1)C(=O)Nc1ccccc1. The number of hydrogen-bond donors (Lipinski definition) is 2. The second-order valence-corrected chi connectivity index (χ2v) is 5.98. The highest BCUT2D eigenvalue weighted by molar-refractivity contribution is 6.39. The van der Waals surface area contributed by atoms with Crippen LogP contribution in [-0.2, 0) is 16.1 Å². The minimum Gasteiger partial charge on any atom is -0.458 e. The molecule has 3 aromatic rings. The van der Waals surface area contributed by atoms with Crippen molar-refractivity contribution in [3.8, 4) is 0 Å². The molecule has 0 aliphatic carbocycles. The van der Waals surface area contributed by atoms with Crippen LogP contribution in [0.4, 0.5) is 11.4 Å². The fraction of sp³-hybridized carbons (Fsp3) is 0.0500. The molecule has 7 heteroatoms. The Bertz CT molecular complexity index is 950. The average Bonchev–Trinajstić information content (AvgIpc) is 3.14. The van der Waals surface area contributed by atoms with E-state index < -0.39 is 11.8 Å². The summed E-state index contributed by atoms with van der Waals surface area (Å²) in [5.41, 5.74) is 1.29. The third-order valence-corrected chi connectivity index (χ3v) is 3.76. The summed E-state index contributed by atoms with van der Waals surface area (Å²) in [6, 6.07) is 19.3. The lowest BCUT2D eigenvalue weighted by Gasteiger charge is -2.05. The second-order valence-electron chi connectivity index (χ2n) is 5.54. The summed E-state index contributed by atoms with van der Waals surface area (Å²) >= 11 is 5.83. The predicted molar refractivity (Wildman–Crippen MR) is 104 cm³/mol. The van der Waals surface area contributed by atoms with Gasteiger partial charge in [-0.05, 0) is 48.5 Å². The number of rotatable bonds is 5. The van der Waals surface area contributed by atoms with Gasteiger partial charge < -0.3 is 15.1 Å². The number of aliphatic imine (C=N–C) groups is 1. The van der Waals surface area contributed by atoms with E-state index in [-0.39, 0.29) is 6.54 Å². The molecule has 1 heterocycles. The Kier molecular flexibility index (Phi) is 6.02. The van der Waals surface area contributed by atoms with Gasteiger partial charge in [0.15, 0.2) is 0 Å². The lowest BCUT2D eigenvalue weighted by Crippen LogP contribution is -2.34. The molecule has 27 heavy (non-hydrogen) atoms. The molecular weight excluding hydrogens is 366 g/mol. The van der Waals surface area contributed by atoms with Crippen LogP contribution in [0.3, 0.4) is 0 Å². The van der Waals surface area contributed by atoms with E-state index in [9.17, 15) is 9.59 Å². The zero-order valence-corrected chi connectivity index (χ0v) is 14.9. The summed E-state index contributed by atoms with van der Waals surface area (Å²) in [7, 11) is 0. The fourth-order valence-corrected chi connectivity index (χ4v) is 2.31. The Balaban J connectivity index is 1.51. The smallest absolute Gasteiger partial charge is 0.313 e. The van der Waals surface area contributed by atoms with E-state index in [0.29, 0.717) is 22.2 Å². The second kappa shape index (κ2) is 8.82. The number of nitrogens with zero attached hydrogens (tertiary/aromatic N) is 1. The highest BCUT2D eigenvalue weighted by Crippen LogP contribution is 2.16. The molecule has 0 atom stereocenters. The maximum atomic E-state index is 11.9. The fourth-order valence-electron chi connectivity index (χ4n) is 2.18. The van der Waals surface area contributed by atoms with E-state index in [4.69, 9.17) is 16.0 Å². The number of amides is 2. The van der Waals surface area contributed by atoms with Crippen LogP contribution in [0.25, 0.3) is 0 Å². The number of anilines is 1. The molecule has 1 aromatic heterocycles. The molecule has 0 saturated heterocycles. The van der Waals surface area contributed by atoms with Gasteiger partial charge in [-0.2, -0.15) is 0 Å². The molecule has 0 spiro atoms. The van der Waals surface area contributed by atoms with Gasteiger partial charge in [-0.3, -0.25) is 14.6 Å². The summed E-state index contributed by atoms with van der Waals surface area (Å²) in [4.78, 5) is 28.0. The summed E-state index contributed by atoms with van der Waals surface area (Å²) < 4.78 is 5.56. The molecule has 0 radical (unpaired) electrons. The Morgan fingerprint density at radius 3 is 2.44 bits per heavy atom. The normalized spacial score (nSPS) is 10.7. The minimum absolute atomic E-state index is 0.0931. The molecule has 0 saturated carbocycles. The number of halogens is 1. The zero-order chi connectivity index (χ0) is 19.1. The van der Waals surface area contributed by atoms with E-state index in [1.54, 1.807) is 66.9 Å². The van der Waals surface area contributed by atoms with Crippen LogP contribution >= 0.6 is 11.6 Å². The van der Waals surface area contributed by atoms with E-state index >= 15 is 0 Å². The molecule has 0 fully saturated rings. The largest absolute Gasteiger partial charge is 0.458 e. The van der Waals surface area contributed by atoms with E-state index in [2.05, 4.69) is 15.6 Å². The molecule has 0 bridgehead atoms. The summed E-state index contributed by atoms with van der Waals surface area (Å²) in [5.74, 6) is -0.444. The Morgan fingerprint density at radius 2 is 1.70 bits per heavy atom. The topological polar surface area (TPSA) is 83.7 Å². The molecule has 0 aliphatic heterocycles. The molecule has 3 rings (SSSR count). The number of hydrogen-bond acceptors (Lipinski definition) is 4. The van der Waals surface area contributed by atoms with Crippen LogP contribution < -0.4 is 10.6 Å². The standard InChI is InChI=1S/C20H16ClN3O3/c21-14-6-8-15(9-7-14)22-12-17-10-11-18(27-17)13-23-19(25)20(26)24-16-4-2-1-3-5-16/h1-12H,13H2,(H,23,25)(H,24,26). The van der Waals surface area contributed by atoms with Crippen molar-refractivity contribution in [2.45, 2.75) is 6.54 Å². The van der Waals surface area contributed by atoms with Crippen molar-refractivity contribution in [1.29, 1.82) is 0 Å². The van der Waals surface area contributed by atoms with Gasteiger partial charge in [0.25, 0.3) is 0 Å². The van der Waals surface area contributed by atoms with Gasteiger partial charge in [-0.1, -0.05) is 29.8 Å². The van der Waals surface area contributed by atoms with Gasteiger partial charge in [-0.15, -0.1) is 0 Å². The number of furan rings is 1. The minimum atomic E-state index is -0.744. The highest BCUT2D eigenvalue weighted by Gasteiger charge is 2.13. The van der Waals surface area contributed by atoms with Crippen molar-refractivity contribution in [2.24, 2.45) is 4.99 Å². The van der Waals surface area contributed by atoms with Gasteiger partial charge in [0.2, 0.25) is 0 Å². The number of carbonyl (C=O) groups is 2. The lowest BCUT2D eigenvalue weighted by molar-refractivity contribution is -0.136. The first-order valence-corrected chi connectivity index (χ1v) is 8.50. The first kappa shape index (κ1) is 18.4. The molecule has 6 nitrogen and oxygen atoms in total. The number of carbonyl (C=O) groups excluding carboxylic acids is 2. The van der Waals surface area contributed by atoms with Gasteiger partial charge in [0.05, 0.1) is 18.4 Å². The van der Waals surface area contributed by atoms with Gasteiger partial charge in [-0.25, -0.2) is 0 Å². The molecule has 0 aliphatic rings. The van der Waals surface area contributed by atoms with E-state index in [1.807, 2.05) is 6.07 Å². The van der Waals surface area contributed by atoms with Crippen molar-refractivity contribution in [1.82, 2.24) is 5.32 Å². The summed E-state index contributed by atoms with van der Waals surface area (Å²) in [6.07, 6.45) is 1.57. The van der Waals surface area contributed by atoms with Crippen LogP contribution in [-0.4, -0.2) is 18.0 Å². The van der Waals surface area contributed by atoms with Crippen LogP contribution in [0, 0.1) is 0 Å². The molecule has 0 unspecified atom stereocenters. The molecule has 136 valence electrons. The number of benzene rings is 2. The molecule has 2 N–H and O–H groups in total. The van der Waals surface area contributed by atoms with Crippen LogP contribution in [0.5, 0.6) is 0 Å². The Labute approximate surface area is 160 Å². The maximum absolute atomic E-state index is 11.9. The Morgan fingerprint density at radius 1 is 0.963 bits per heavy atom. The third kappa shape index (κ3) is 5.55. The number of nitrogens with one attached hydrogen (secondary N) is 2. The number of para-hydroxylation sites is 1. The zero-order valence-electron chi connectivity index (χ0n) is 14.2. The van der Waals surface area contributed by atoms with Crippen molar-refractivity contribution >= 4 is 41.0 Å². The lowest BCUT2D eigenvalue weighted by atomic mass is 10.3. The van der Waals surface area contributed by atoms with Gasteiger partial charge >= 0.3 is 11.8 Å². The van der Waals surface area contributed by atoms with Gasteiger partial charge in [0, 0.05) is 10.7 Å². The van der Waals surface area contributed by atoms with Crippen LogP contribution in [0.15, 0.2) is 76.1 Å². The summed E-state index contributed by atoms with van der Waals surface area (Å²) in [6.45, 7) is 0.0931. The van der Waals surface area contributed by atoms with Crippen molar-refractivity contribution in [3.05, 3.63) is 83.3 Å². The van der Waals surface area contributed by atoms with E-state index in [1.165, 1.54) is 0 Å². The maximum Gasteiger partial charge on any atom is 0.313 e.